The summed E-state index contributed by atoms with van der Waals surface area (Å²) in [5, 5.41) is 0. The van der Waals surface area contributed by atoms with Gasteiger partial charge < -0.3 is 15.5 Å². The number of carbonyl (C=O) groups is 2. The maximum absolute atomic E-state index is 12.5. The van der Waals surface area contributed by atoms with Crippen molar-refractivity contribution in [2.45, 2.75) is 38.5 Å². The smallest absolute Gasteiger partial charge is 0.242 e. The molecule has 0 radical (unpaired) electrons. The van der Waals surface area contributed by atoms with Crippen molar-refractivity contribution in [1.82, 2.24) is 9.80 Å². The first-order valence-corrected chi connectivity index (χ1v) is 7.86. The molecule has 1 aliphatic heterocycles. The number of hydrogen-bond donors (Lipinski definition) is 1. The highest BCUT2D eigenvalue weighted by Gasteiger charge is 2.32. The van der Waals surface area contributed by atoms with Crippen molar-refractivity contribution in [3.8, 4) is 0 Å². The summed E-state index contributed by atoms with van der Waals surface area (Å²) in [7, 11) is 1.75. The number of carbonyl (C=O) groups excluding carboxylic acids is 2. The van der Waals surface area contributed by atoms with Crippen LogP contribution in [-0.2, 0) is 9.59 Å². The van der Waals surface area contributed by atoms with E-state index < -0.39 is 0 Å². The third kappa shape index (κ3) is 3.51. The molecule has 20 heavy (non-hydrogen) atoms. The molecule has 2 amide bonds. The average molecular weight is 281 g/mol. The molecule has 1 heterocycles. The molecule has 2 N–H and O–H groups in total. The molecule has 0 spiro atoms. The second-order valence-corrected chi connectivity index (χ2v) is 6.17. The Morgan fingerprint density at radius 1 is 1.15 bits per heavy atom. The van der Waals surface area contributed by atoms with E-state index in [1.165, 1.54) is 6.42 Å². The minimum Gasteiger partial charge on any atom is -0.341 e. The Morgan fingerprint density at radius 3 is 2.45 bits per heavy atom. The lowest BCUT2D eigenvalue weighted by Gasteiger charge is -2.33. The summed E-state index contributed by atoms with van der Waals surface area (Å²) in [6, 6.07) is 0. The molecule has 2 rings (SSSR count). The van der Waals surface area contributed by atoms with Crippen LogP contribution in [0, 0.1) is 11.8 Å². The molecule has 2 aliphatic rings. The molecule has 1 saturated carbocycles. The largest absolute Gasteiger partial charge is 0.341 e. The molecule has 2 fully saturated rings. The third-order valence-corrected chi connectivity index (χ3v) is 4.74. The first-order chi connectivity index (χ1) is 9.63. The van der Waals surface area contributed by atoms with Gasteiger partial charge in [0.15, 0.2) is 0 Å². The van der Waals surface area contributed by atoms with E-state index in [-0.39, 0.29) is 24.3 Å². The van der Waals surface area contributed by atoms with Crippen molar-refractivity contribution >= 4 is 11.8 Å². The van der Waals surface area contributed by atoms with Crippen LogP contribution in [0.3, 0.4) is 0 Å². The Kier molecular flexibility index (Phi) is 5.40. The van der Waals surface area contributed by atoms with Crippen LogP contribution < -0.4 is 5.73 Å². The summed E-state index contributed by atoms with van der Waals surface area (Å²) in [5.41, 5.74) is 5.79. The van der Waals surface area contributed by atoms with Crippen LogP contribution in [0.2, 0.25) is 0 Å². The van der Waals surface area contributed by atoms with Crippen LogP contribution in [0.25, 0.3) is 0 Å². The van der Waals surface area contributed by atoms with Gasteiger partial charge in [0.2, 0.25) is 11.8 Å². The van der Waals surface area contributed by atoms with Crippen molar-refractivity contribution in [1.29, 1.82) is 0 Å². The van der Waals surface area contributed by atoms with Gasteiger partial charge in [0.1, 0.15) is 0 Å². The zero-order valence-corrected chi connectivity index (χ0v) is 12.5. The van der Waals surface area contributed by atoms with Crippen LogP contribution >= 0.6 is 0 Å². The van der Waals surface area contributed by atoms with Crippen molar-refractivity contribution < 1.29 is 9.59 Å². The van der Waals surface area contributed by atoms with Crippen LogP contribution in [0.1, 0.15) is 38.5 Å². The number of likely N-dealkylation sites (tertiary alicyclic amines) is 1. The number of rotatable bonds is 4. The fourth-order valence-corrected chi connectivity index (χ4v) is 3.45. The van der Waals surface area contributed by atoms with Crippen LogP contribution in [0.4, 0.5) is 0 Å². The molecular weight excluding hydrogens is 254 g/mol. The van der Waals surface area contributed by atoms with Gasteiger partial charge in [0.25, 0.3) is 0 Å². The van der Waals surface area contributed by atoms with Crippen molar-refractivity contribution in [3.63, 3.8) is 0 Å². The van der Waals surface area contributed by atoms with Gasteiger partial charge in [-0.2, -0.15) is 0 Å². The zero-order valence-electron chi connectivity index (χ0n) is 12.5. The average Bonchev–Trinajstić information content (AvgIpc) is 3.00. The highest BCUT2D eigenvalue weighted by atomic mass is 16.2. The fraction of sp³-hybridized carbons (Fsp3) is 0.867. The molecule has 1 aliphatic carbocycles. The predicted molar refractivity (Wildman–Crippen MR) is 78.0 cm³/mol. The van der Waals surface area contributed by atoms with Crippen molar-refractivity contribution in [3.05, 3.63) is 0 Å². The molecular formula is C15H27N3O2. The van der Waals surface area contributed by atoms with Crippen LogP contribution in [0.5, 0.6) is 0 Å². The Balaban J connectivity index is 1.88. The molecule has 2 unspecified atom stereocenters. The number of nitrogens with two attached hydrogens (primary N) is 1. The van der Waals surface area contributed by atoms with Crippen molar-refractivity contribution in [2.24, 2.45) is 17.6 Å². The second kappa shape index (κ2) is 7.07. The minimum absolute atomic E-state index is 0.0186. The number of likely N-dealkylation sites (N-methyl/N-ethyl adjacent to an activating group) is 1. The molecule has 5 heteroatoms. The summed E-state index contributed by atoms with van der Waals surface area (Å²) in [4.78, 5) is 28.1. The maximum atomic E-state index is 12.5. The molecule has 1 saturated heterocycles. The monoisotopic (exact) mass is 281 g/mol. The Bertz CT molecular complexity index is 353. The van der Waals surface area contributed by atoms with Gasteiger partial charge in [0, 0.05) is 26.1 Å². The highest BCUT2D eigenvalue weighted by Crippen LogP contribution is 2.30. The van der Waals surface area contributed by atoms with Gasteiger partial charge >= 0.3 is 0 Å². The van der Waals surface area contributed by atoms with E-state index in [1.807, 2.05) is 4.90 Å². The van der Waals surface area contributed by atoms with E-state index in [2.05, 4.69) is 0 Å². The summed E-state index contributed by atoms with van der Waals surface area (Å²) in [5.74, 6) is 0.497. The standard InChI is InChI=1S/C15H27N3O2/c1-17(11-14(19)18-8-4-5-9-18)15(20)13-7-3-2-6-12(13)10-16/h12-13H,2-11,16H2,1H3. The highest BCUT2D eigenvalue weighted by molar-refractivity contribution is 5.86. The van der Waals surface area contributed by atoms with Gasteiger partial charge in [0.05, 0.1) is 6.54 Å². The molecule has 2 atom stereocenters. The zero-order chi connectivity index (χ0) is 14.5. The minimum atomic E-state index is 0.0186. The quantitative estimate of drug-likeness (QED) is 0.830. The number of hydrogen-bond acceptors (Lipinski definition) is 3. The van der Waals surface area contributed by atoms with E-state index in [1.54, 1.807) is 11.9 Å². The summed E-state index contributed by atoms with van der Waals surface area (Å²) in [6.45, 7) is 2.47. The van der Waals surface area contributed by atoms with E-state index in [0.29, 0.717) is 12.5 Å². The summed E-state index contributed by atoms with van der Waals surface area (Å²) in [6.07, 6.45) is 6.40. The topological polar surface area (TPSA) is 66.6 Å². The van der Waals surface area contributed by atoms with Crippen LogP contribution in [0.15, 0.2) is 0 Å². The Labute approximate surface area is 121 Å². The van der Waals surface area contributed by atoms with Crippen LogP contribution in [-0.4, -0.2) is 54.8 Å². The van der Waals surface area contributed by atoms with Gasteiger partial charge in [-0.3, -0.25) is 9.59 Å². The lowest BCUT2D eigenvalue weighted by Crippen LogP contribution is -2.45. The van der Waals surface area contributed by atoms with Gasteiger partial charge in [-0.1, -0.05) is 12.8 Å². The molecule has 0 aromatic rings. The number of nitrogens with zero attached hydrogens (tertiary/aromatic N) is 2. The Morgan fingerprint density at radius 2 is 1.80 bits per heavy atom. The van der Waals surface area contributed by atoms with Gasteiger partial charge in [-0.25, -0.2) is 0 Å². The van der Waals surface area contributed by atoms with E-state index >= 15 is 0 Å². The normalized spacial score (nSPS) is 26.6. The lowest BCUT2D eigenvalue weighted by atomic mass is 9.78. The maximum Gasteiger partial charge on any atom is 0.242 e. The van der Waals surface area contributed by atoms with E-state index in [0.717, 1.165) is 45.2 Å². The Hall–Kier alpha value is -1.10. The van der Waals surface area contributed by atoms with Gasteiger partial charge in [-0.05, 0) is 38.1 Å². The number of amides is 2. The van der Waals surface area contributed by atoms with E-state index in [4.69, 9.17) is 5.73 Å². The van der Waals surface area contributed by atoms with Gasteiger partial charge in [-0.15, -0.1) is 0 Å². The lowest BCUT2D eigenvalue weighted by molar-refractivity contribution is -0.143. The second-order valence-electron chi connectivity index (χ2n) is 6.17. The molecule has 114 valence electrons. The molecule has 5 nitrogen and oxygen atoms in total. The SMILES string of the molecule is CN(CC(=O)N1CCCC1)C(=O)C1CCCCC1CN. The first-order valence-electron chi connectivity index (χ1n) is 7.86. The summed E-state index contributed by atoms with van der Waals surface area (Å²) < 4.78 is 0. The molecule has 0 bridgehead atoms. The fourth-order valence-electron chi connectivity index (χ4n) is 3.45. The predicted octanol–water partition coefficient (Wildman–Crippen LogP) is 0.832. The van der Waals surface area contributed by atoms with E-state index in [9.17, 15) is 9.59 Å². The summed E-state index contributed by atoms with van der Waals surface area (Å²) >= 11 is 0. The molecule has 0 aromatic heterocycles. The van der Waals surface area contributed by atoms with Crippen molar-refractivity contribution in [2.75, 3.05) is 33.2 Å². The first kappa shape index (κ1) is 15.3. The molecule has 0 aromatic carbocycles. The third-order valence-electron chi connectivity index (χ3n) is 4.74.